The van der Waals surface area contributed by atoms with E-state index in [0.717, 1.165) is 12.1 Å². The van der Waals surface area contributed by atoms with Gasteiger partial charge in [0.15, 0.2) is 0 Å². The van der Waals surface area contributed by atoms with Crippen LogP contribution in [0.2, 0.25) is 5.02 Å². The molecule has 1 rings (SSSR count). The zero-order valence-corrected chi connectivity index (χ0v) is 11.4. The number of aliphatic hydroxyl groups is 1. The summed E-state index contributed by atoms with van der Waals surface area (Å²) in [5.74, 6) is 0. The van der Waals surface area contributed by atoms with Crippen LogP contribution in [0.1, 0.15) is 5.56 Å². The van der Waals surface area contributed by atoms with E-state index in [9.17, 15) is 12.9 Å². The Hall–Kier alpha value is 0.961. The number of benzene rings is 1. The molecular formula is C7H6BClF3KO. The van der Waals surface area contributed by atoms with Gasteiger partial charge in [-0.1, -0.05) is 29.8 Å². The van der Waals surface area contributed by atoms with Crippen LogP contribution in [0.5, 0.6) is 0 Å². The topological polar surface area (TPSA) is 20.2 Å². The van der Waals surface area contributed by atoms with Gasteiger partial charge in [0, 0.05) is 5.02 Å². The standard InChI is InChI=1S/C7H6BClF3O.K/c9-7-3-6(8(10,11)12)2-1-5(7)4-13;/h1-3,13H,4H2;/q-1;+1. The van der Waals surface area contributed by atoms with E-state index in [0.29, 0.717) is 5.56 Å². The Kier molecular flexibility index (Phi) is 6.29. The first-order chi connectivity index (χ1) is 5.95. The van der Waals surface area contributed by atoms with Crippen molar-refractivity contribution in [1.29, 1.82) is 0 Å². The first-order valence-electron chi connectivity index (χ1n) is 3.54. The molecule has 0 bridgehead atoms. The second-order valence-corrected chi connectivity index (χ2v) is 2.99. The minimum absolute atomic E-state index is 0. The van der Waals surface area contributed by atoms with Crippen molar-refractivity contribution in [2.45, 2.75) is 6.61 Å². The molecule has 72 valence electrons. The summed E-state index contributed by atoms with van der Waals surface area (Å²) >= 11 is 5.49. The van der Waals surface area contributed by atoms with E-state index in [-0.39, 0.29) is 63.0 Å². The quantitative estimate of drug-likeness (QED) is 0.658. The SMILES string of the molecule is OCc1ccc([B-](F)(F)F)cc1Cl.[K+]. The molecule has 7 heteroatoms. The van der Waals surface area contributed by atoms with Gasteiger partial charge < -0.3 is 18.1 Å². The minimum atomic E-state index is -5.01. The zero-order valence-electron chi connectivity index (χ0n) is 7.48. The summed E-state index contributed by atoms with van der Waals surface area (Å²) in [6.07, 6.45) is 0. The third-order valence-electron chi connectivity index (χ3n) is 1.63. The van der Waals surface area contributed by atoms with Crippen LogP contribution in [0.3, 0.4) is 0 Å². The summed E-state index contributed by atoms with van der Waals surface area (Å²) in [5.41, 5.74) is -0.451. The van der Waals surface area contributed by atoms with Gasteiger partial charge >= 0.3 is 58.4 Å². The predicted molar refractivity (Wildman–Crippen MR) is 46.1 cm³/mol. The monoisotopic (exact) mass is 248 g/mol. The summed E-state index contributed by atoms with van der Waals surface area (Å²) in [6.45, 7) is -5.37. The second-order valence-electron chi connectivity index (χ2n) is 2.58. The zero-order chi connectivity index (χ0) is 10.1. The fraction of sp³-hybridized carbons (Fsp3) is 0.143. The Morgan fingerprint density at radius 3 is 2.21 bits per heavy atom. The Bertz CT molecular complexity index is 318. The van der Waals surface area contributed by atoms with Crippen LogP contribution in [-0.4, -0.2) is 12.1 Å². The number of hydrogen-bond donors (Lipinski definition) is 1. The molecule has 1 nitrogen and oxygen atoms in total. The molecule has 0 aliphatic heterocycles. The van der Waals surface area contributed by atoms with E-state index in [2.05, 4.69) is 0 Å². The molecule has 0 aromatic heterocycles. The van der Waals surface area contributed by atoms with E-state index < -0.39 is 12.4 Å². The van der Waals surface area contributed by atoms with Gasteiger partial charge in [0.2, 0.25) is 0 Å². The van der Waals surface area contributed by atoms with E-state index in [4.69, 9.17) is 16.7 Å². The molecule has 0 saturated carbocycles. The molecule has 0 saturated heterocycles. The Morgan fingerprint density at radius 1 is 1.29 bits per heavy atom. The molecule has 0 spiro atoms. The number of halogens is 4. The van der Waals surface area contributed by atoms with Crippen molar-refractivity contribution in [3.8, 4) is 0 Å². The van der Waals surface area contributed by atoms with Crippen molar-refractivity contribution >= 4 is 24.0 Å². The van der Waals surface area contributed by atoms with Gasteiger partial charge in [0.05, 0.1) is 6.61 Å². The van der Waals surface area contributed by atoms with Gasteiger partial charge in [-0.2, -0.15) is 0 Å². The van der Waals surface area contributed by atoms with Crippen LogP contribution in [0.25, 0.3) is 0 Å². The smallest absolute Gasteiger partial charge is 0.445 e. The van der Waals surface area contributed by atoms with Gasteiger partial charge in [-0.25, -0.2) is 0 Å². The van der Waals surface area contributed by atoms with Gasteiger partial charge in [0.1, 0.15) is 0 Å². The summed E-state index contributed by atoms with van der Waals surface area (Å²) in [5, 5.41) is 8.60. The van der Waals surface area contributed by atoms with Gasteiger partial charge in [0.25, 0.3) is 0 Å². The van der Waals surface area contributed by atoms with Crippen molar-refractivity contribution in [3.63, 3.8) is 0 Å². The van der Waals surface area contributed by atoms with Gasteiger partial charge in [-0.15, -0.1) is 5.46 Å². The summed E-state index contributed by atoms with van der Waals surface area (Å²) in [4.78, 5) is 0. The third-order valence-corrected chi connectivity index (χ3v) is 1.98. The van der Waals surface area contributed by atoms with Crippen LogP contribution < -0.4 is 56.8 Å². The van der Waals surface area contributed by atoms with E-state index >= 15 is 0 Å². The molecule has 0 atom stereocenters. The molecule has 0 fully saturated rings. The first-order valence-corrected chi connectivity index (χ1v) is 3.92. The van der Waals surface area contributed by atoms with Crippen LogP contribution in [0, 0.1) is 0 Å². The Labute approximate surface area is 127 Å². The van der Waals surface area contributed by atoms with Gasteiger partial charge in [-0.3, -0.25) is 0 Å². The fourth-order valence-electron chi connectivity index (χ4n) is 0.895. The first kappa shape index (κ1) is 15.0. The minimum Gasteiger partial charge on any atom is -0.445 e. The largest absolute Gasteiger partial charge is 1.00 e. The summed E-state index contributed by atoms with van der Waals surface area (Å²) < 4.78 is 36.4. The number of rotatable bonds is 2. The second kappa shape index (κ2) is 5.89. The maximum Gasteiger partial charge on any atom is 1.00 e. The molecule has 0 amide bonds. The van der Waals surface area contributed by atoms with E-state index in [1.54, 1.807) is 0 Å². The molecule has 0 heterocycles. The molecular weight excluding hydrogens is 242 g/mol. The molecule has 0 unspecified atom stereocenters. The molecule has 14 heavy (non-hydrogen) atoms. The average molecular weight is 248 g/mol. The van der Waals surface area contributed by atoms with Crippen molar-refractivity contribution in [2.75, 3.05) is 0 Å². The maximum absolute atomic E-state index is 12.1. The Balaban J connectivity index is 0.00000169. The van der Waals surface area contributed by atoms with Crippen LogP contribution in [0.15, 0.2) is 18.2 Å². The molecule has 1 aromatic rings. The van der Waals surface area contributed by atoms with Crippen molar-refractivity contribution in [2.24, 2.45) is 0 Å². The van der Waals surface area contributed by atoms with Crippen LogP contribution in [-0.2, 0) is 6.61 Å². The van der Waals surface area contributed by atoms with Crippen molar-refractivity contribution in [1.82, 2.24) is 0 Å². The molecule has 1 aromatic carbocycles. The van der Waals surface area contributed by atoms with Crippen molar-refractivity contribution in [3.05, 3.63) is 28.8 Å². The van der Waals surface area contributed by atoms with Crippen molar-refractivity contribution < 1.29 is 69.4 Å². The third kappa shape index (κ3) is 3.84. The molecule has 0 aliphatic rings. The van der Waals surface area contributed by atoms with Gasteiger partial charge in [-0.05, 0) is 5.56 Å². The van der Waals surface area contributed by atoms with E-state index in [1.165, 1.54) is 6.07 Å². The van der Waals surface area contributed by atoms with Crippen LogP contribution >= 0.6 is 11.6 Å². The molecule has 0 radical (unpaired) electrons. The number of aliphatic hydroxyl groups excluding tert-OH is 1. The van der Waals surface area contributed by atoms with E-state index in [1.807, 2.05) is 0 Å². The Morgan fingerprint density at radius 2 is 1.86 bits per heavy atom. The fourth-order valence-corrected chi connectivity index (χ4v) is 1.14. The van der Waals surface area contributed by atoms with Crippen LogP contribution in [0.4, 0.5) is 12.9 Å². The average Bonchev–Trinajstić information content (AvgIpc) is 2.02. The normalized spacial score (nSPS) is 10.9. The summed E-state index contributed by atoms with van der Waals surface area (Å²) in [7, 11) is 0. The molecule has 0 aliphatic carbocycles. The number of hydrogen-bond acceptors (Lipinski definition) is 1. The predicted octanol–water partition coefficient (Wildman–Crippen LogP) is -1.11. The summed E-state index contributed by atoms with van der Waals surface area (Å²) in [6, 6.07) is 2.91. The molecule has 1 N–H and O–H groups in total. The maximum atomic E-state index is 12.1.